The van der Waals surface area contributed by atoms with Gasteiger partial charge in [0.25, 0.3) is 0 Å². The normalized spacial score (nSPS) is 10.2. The van der Waals surface area contributed by atoms with E-state index in [9.17, 15) is 0 Å². The quantitative estimate of drug-likeness (QED) is 0.334. The van der Waals surface area contributed by atoms with Crippen molar-refractivity contribution in [2.45, 2.75) is 58.8 Å². The van der Waals surface area contributed by atoms with Gasteiger partial charge in [0, 0.05) is 43.3 Å². The van der Waals surface area contributed by atoms with Crippen molar-refractivity contribution in [3.63, 3.8) is 0 Å². The molecule has 0 aromatic heterocycles. The molecule has 0 radical (unpaired) electrons. The second-order valence-corrected chi connectivity index (χ2v) is 5.87. The average molecular weight is 329 g/mol. The van der Waals surface area contributed by atoms with Crippen LogP contribution in [0.15, 0.2) is 36.8 Å². The van der Waals surface area contributed by atoms with Gasteiger partial charge in [-0.1, -0.05) is 27.0 Å². The highest BCUT2D eigenvalue weighted by molar-refractivity contribution is 5.07. The Morgan fingerprint density at radius 3 is 2.12 bits per heavy atom. The van der Waals surface area contributed by atoms with E-state index in [0.29, 0.717) is 6.42 Å². The molecule has 132 valence electrons. The molecule has 0 unspecified atom stereocenters. The molecule has 0 heterocycles. The third-order valence-electron chi connectivity index (χ3n) is 3.81. The number of hydrogen-bond acceptors (Lipinski definition) is 4. The summed E-state index contributed by atoms with van der Waals surface area (Å²) < 4.78 is 0. The highest BCUT2D eigenvalue weighted by Gasteiger charge is 2.07. The Balaban J connectivity index is 4.23. The first-order valence-corrected chi connectivity index (χ1v) is 8.91. The van der Waals surface area contributed by atoms with Crippen LogP contribution in [-0.4, -0.2) is 29.4 Å². The highest BCUT2D eigenvalue weighted by atomic mass is 15.1. The Hall–Kier alpha value is -2.20. The molecule has 0 bridgehead atoms. The summed E-state index contributed by atoms with van der Waals surface area (Å²) in [6.07, 6.45) is 9.96. The van der Waals surface area contributed by atoms with Crippen LogP contribution in [0.3, 0.4) is 0 Å². The molecule has 0 aliphatic carbocycles. The van der Waals surface area contributed by atoms with Crippen molar-refractivity contribution in [3.05, 3.63) is 36.8 Å². The van der Waals surface area contributed by atoms with Gasteiger partial charge in [0.15, 0.2) is 0 Å². The minimum Gasteiger partial charge on any atom is -0.374 e. The van der Waals surface area contributed by atoms with E-state index in [4.69, 9.17) is 10.5 Å². The van der Waals surface area contributed by atoms with Gasteiger partial charge in [-0.05, 0) is 38.5 Å². The lowest BCUT2D eigenvalue weighted by atomic mass is 10.1. The summed E-state index contributed by atoms with van der Waals surface area (Å²) in [5, 5.41) is 17.4. The van der Waals surface area contributed by atoms with E-state index in [1.54, 1.807) is 0 Å². The van der Waals surface area contributed by atoms with E-state index >= 15 is 0 Å². The number of allylic oxidation sites excluding steroid dienone is 3. The SMILES string of the molecule is C=C(CCCCC(=C)N(CCC)CCC#N)N(/C=C/C#N)CCC. The van der Waals surface area contributed by atoms with Crippen molar-refractivity contribution in [1.82, 2.24) is 9.80 Å². The summed E-state index contributed by atoms with van der Waals surface area (Å²) in [5.74, 6) is 0. The zero-order chi connectivity index (χ0) is 18.2. The Morgan fingerprint density at radius 1 is 0.958 bits per heavy atom. The predicted molar refractivity (Wildman–Crippen MR) is 101 cm³/mol. The van der Waals surface area contributed by atoms with Crippen LogP contribution in [0.25, 0.3) is 0 Å². The number of rotatable bonds is 14. The molecule has 0 aromatic carbocycles. The molecule has 0 spiro atoms. The fraction of sp³-hybridized carbons (Fsp3) is 0.600. The third kappa shape index (κ3) is 9.74. The summed E-state index contributed by atoms with van der Waals surface area (Å²) in [5.41, 5.74) is 2.19. The first-order valence-electron chi connectivity index (χ1n) is 8.91. The molecule has 0 saturated carbocycles. The standard InChI is InChI=1S/C20H32N4/c1-5-15-23(17-9-13-21)19(3)11-7-8-12-20(4)24(16-6-2)18-10-14-22/h9,17H,3-8,10-12,15-16,18H2,1-2H3/b17-9+. The van der Waals surface area contributed by atoms with Crippen LogP contribution in [0.2, 0.25) is 0 Å². The molecule has 0 aliphatic rings. The van der Waals surface area contributed by atoms with Gasteiger partial charge in [-0.15, -0.1) is 0 Å². The number of unbranched alkanes of at least 4 members (excludes halogenated alkanes) is 1. The van der Waals surface area contributed by atoms with Crippen LogP contribution < -0.4 is 0 Å². The molecular formula is C20H32N4. The monoisotopic (exact) mass is 328 g/mol. The number of nitriles is 2. The van der Waals surface area contributed by atoms with Gasteiger partial charge in [-0.3, -0.25) is 0 Å². The summed E-state index contributed by atoms with van der Waals surface area (Å²) >= 11 is 0. The average Bonchev–Trinajstić information content (AvgIpc) is 2.58. The van der Waals surface area contributed by atoms with Crippen molar-refractivity contribution in [2.24, 2.45) is 0 Å². The molecule has 0 fully saturated rings. The summed E-state index contributed by atoms with van der Waals surface area (Å²) in [4.78, 5) is 4.30. The second kappa shape index (κ2) is 14.4. The Bertz CT molecular complexity index is 479. The van der Waals surface area contributed by atoms with E-state index < -0.39 is 0 Å². The maximum atomic E-state index is 8.75. The fourth-order valence-corrected chi connectivity index (χ4v) is 2.55. The molecule has 0 rings (SSSR count). The van der Waals surface area contributed by atoms with Crippen LogP contribution >= 0.6 is 0 Å². The molecule has 0 saturated heterocycles. The first kappa shape index (κ1) is 21.8. The summed E-state index contributed by atoms with van der Waals surface area (Å²) in [6, 6.07) is 4.24. The van der Waals surface area contributed by atoms with Crippen molar-refractivity contribution in [1.29, 1.82) is 10.5 Å². The molecule has 0 atom stereocenters. The Labute approximate surface area is 148 Å². The van der Waals surface area contributed by atoms with Crippen LogP contribution in [0.1, 0.15) is 58.8 Å². The Morgan fingerprint density at radius 2 is 1.58 bits per heavy atom. The zero-order valence-corrected chi connectivity index (χ0v) is 15.4. The molecule has 0 aromatic rings. The third-order valence-corrected chi connectivity index (χ3v) is 3.81. The highest BCUT2D eigenvalue weighted by Crippen LogP contribution is 2.17. The van der Waals surface area contributed by atoms with Crippen molar-refractivity contribution >= 4 is 0 Å². The van der Waals surface area contributed by atoms with Gasteiger partial charge in [0.05, 0.1) is 18.6 Å². The van der Waals surface area contributed by atoms with E-state index in [0.717, 1.165) is 69.6 Å². The molecule has 0 aliphatic heterocycles. The molecule has 4 nitrogen and oxygen atoms in total. The topological polar surface area (TPSA) is 54.1 Å². The van der Waals surface area contributed by atoms with Crippen LogP contribution in [0.4, 0.5) is 0 Å². The molecule has 0 N–H and O–H groups in total. The maximum Gasteiger partial charge on any atom is 0.0927 e. The summed E-state index contributed by atoms with van der Waals surface area (Å²) in [6.45, 7) is 15.2. The van der Waals surface area contributed by atoms with Crippen molar-refractivity contribution in [2.75, 3.05) is 19.6 Å². The predicted octanol–water partition coefficient (Wildman–Crippen LogP) is 4.95. The van der Waals surface area contributed by atoms with Gasteiger partial charge in [0.1, 0.15) is 0 Å². The van der Waals surface area contributed by atoms with E-state index in [1.165, 1.54) is 6.08 Å². The lowest BCUT2D eigenvalue weighted by Crippen LogP contribution is -2.24. The Kier molecular flexibility index (Phi) is 13.1. The van der Waals surface area contributed by atoms with Gasteiger partial charge >= 0.3 is 0 Å². The van der Waals surface area contributed by atoms with E-state index in [2.05, 4.69) is 42.9 Å². The molecule has 24 heavy (non-hydrogen) atoms. The lowest BCUT2D eigenvalue weighted by molar-refractivity contribution is 0.337. The van der Waals surface area contributed by atoms with Crippen LogP contribution in [-0.2, 0) is 0 Å². The van der Waals surface area contributed by atoms with Crippen LogP contribution in [0, 0.1) is 22.7 Å². The minimum atomic E-state index is 0.549. The largest absolute Gasteiger partial charge is 0.374 e. The number of hydrogen-bond donors (Lipinski definition) is 0. The second-order valence-electron chi connectivity index (χ2n) is 5.87. The van der Waals surface area contributed by atoms with Gasteiger partial charge in [-0.2, -0.15) is 10.5 Å². The summed E-state index contributed by atoms with van der Waals surface area (Å²) in [7, 11) is 0. The van der Waals surface area contributed by atoms with Crippen molar-refractivity contribution in [3.8, 4) is 12.1 Å². The lowest BCUT2D eigenvalue weighted by Gasteiger charge is -2.26. The van der Waals surface area contributed by atoms with Crippen molar-refractivity contribution < 1.29 is 0 Å². The van der Waals surface area contributed by atoms with E-state index in [1.807, 2.05) is 12.3 Å². The molecule has 4 heteroatoms. The zero-order valence-electron chi connectivity index (χ0n) is 15.4. The first-order chi connectivity index (χ1) is 11.6. The van der Waals surface area contributed by atoms with Gasteiger partial charge in [-0.25, -0.2) is 0 Å². The van der Waals surface area contributed by atoms with Crippen LogP contribution in [0.5, 0.6) is 0 Å². The van der Waals surface area contributed by atoms with E-state index in [-0.39, 0.29) is 0 Å². The smallest absolute Gasteiger partial charge is 0.0927 e. The molecule has 0 amide bonds. The van der Waals surface area contributed by atoms with Gasteiger partial charge in [0.2, 0.25) is 0 Å². The minimum absolute atomic E-state index is 0.549. The molecular weight excluding hydrogens is 296 g/mol. The number of nitrogens with zero attached hydrogens (tertiary/aromatic N) is 4. The fourth-order valence-electron chi connectivity index (χ4n) is 2.55. The maximum absolute atomic E-state index is 8.75. The van der Waals surface area contributed by atoms with Gasteiger partial charge < -0.3 is 9.80 Å².